The van der Waals surface area contributed by atoms with Crippen LogP contribution in [0.3, 0.4) is 0 Å². The Kier molecular flexibility index (Phi) is 11.4. The highest BCUT2D eigenvalue weighted by Crippen LogP contribution is 2.27. The maximum atomic E-state index is 13.0. The molecule has 0 unspecified atom stereocenters. The van der Waals surface area contributed by atoms with E-state index >= 15 is 0 Å². The van der Waals surface area contributed by atoms with Crippen LogP contribution in [0, 0.1) is 5.92 Å². The fourth-order valence-corrected chi connectivity index (χ4v) is 3.93. The van der Waals surface area contributed by atoms with E-state index in [9.17, 15) is 19.2 Å². The number of ether oxygens (including phenoxy) is 1. The van der Waals surface area contributed by atoms with Gasteiger partial charge in [-0.1, -0.05) is 69.4 Å². The number of nitrogens with one attached hydrogen (secondary N) is 3. The molecule has 182 valence electrons. The molecule has 0 aliphatic heterocycles. The summed E-state index contributed by atoms with van der Waals surface area (Å²) >= 11 is 0. The lowest BCUT2D eigenvalue weighted by atomic mass is 9.84. The van der Waals surface area contributed by atoms with Gasteiger partial charge in [0.25, 0.3) is 0 Å². The first-order chi connectivity index (χ1) is 15.9. The molecule has 0 radical (unpaired) electrons. The normalized spacial score (nSPS) is 15.8. The lowest BCUT2D eigenvalue weighted by Crippen LogP contribution is -2.55. The van der Waals surface area contributed by atoms with Crippen LogP contribution in [0.1, 0.15) is 57.4 Å². The van der Waals surface area contributed by atoms with Crippen molar-refractivity contribution in [2.75, 3.05) is 13.1 Å². The van der Waals surface area contributed by atoms with Crippen molar-refractivity contribution < 1.29 is 23.9 Å². The summed E-state index contributed by atoms with van der Waals surface area (Å²) < 4.78 is 5.27. The predicted molar refractivity (Wildman–Crippen MR) is 124 cm³/mol. The molecule has 2 atom stereocenters. The third kappa shape index (κ3) is 10.0. The van der Waals surface area contributed by atoms with Crippen LogP contribution in [0.25, 0.3) is 0 Å². The van der Waals surface area contributed by atoms with E-state index in [-0.39, 0.29) is 19.6 Å². The minimum absolute atomic E-state index is 0.000660. The van der Waals surface area contributed by atoms with Crippen molar-refractivity contribution in [1.29, 1.82) is 0 Å². The molecule has 1 aromatic rings. The van der Waals surface area contributed by atoms with Gasteiger partial charge in [-0.25, -0.2) is 0 Å². The van der Waals surface area contributed by atoms with Gasteiger partial charge in [0.2, 0.25) is 17.7 Å². The Bertz CT molecular complexity index is 780. The van der Waals surface area contributed by atoms with Crippen molar-refractivity contribution in [1.82, 2.24) is 16.0 Å². The van der Waals surface area contributed by atoms with Crippen molar-refractivity contribution in [3.63, 3.8) is 0 Å². The summed E-state index contributed by atoms with van der Waals surface area (Å²) in [7, 11) is 0. The van der Waals surface area contributed by atoms with Crippen LogP contribution >= 0.6 is 0 Å². The second kappa shape index (κ2) is 14.3. The lowest BCUT2D eigenvalue weighted by molar-refractivity contribution is -0.147. The first-order valence-electron chi connectivity index (χ1n) is 11.7. The van der Waals surface area contributed by atoms with E-state index in [0.29, 0.717) is 18.9 Å². The van der Waals surface area contributed by atoms with E-state index in [1.807, 2.05) is 37.3 Å². The highest BCUT2D eigenvalue weighted by atomic mass is 16.5. The first-order valence-corrected chi connectivity index (χ1v) is 11.7. The van der Waals surface area contributed by atoms with E-state index in [2.05, 4.69) is 16.0 Å². The van der Waals surface area contributed by atoms with Gasteiger partial charge in [-0.3, -0.25) is 19.2 Å². The van der Waals surface area contributed by atoms with Crippen molar-refractivity contribution in [2.24, 2.45) is 11.7 Å². The number of hydrogen-bond acceptors (Lipinski definition) is 6. The van der Waals surface area contributed by atoms with Crippen molar-refractivity contribution in [3.8, 4) is 0 Å². The van der Waals surface area contributed by atoms with E-state index in [1.54, 1.807) is 0 Å². The number of amides is 3. The third-order valence-electron chi connectivity index (χ3n) is 5.75. The van der Waals surface area contributed by atoms with Crippen molar-refractivity contribution >= 4 is 23.7 Å². The van der Waals surface area contributed by atoms with Crippen LogP contribution in [0.5, 0.6) is 0 Å². The molecule has 1 aromatic carbocycles. The van der Waals surface area contributed by atoms with Gasteiger partial charge in [0.1, 0.15) is 18.7 Å². The van der Waals surface area contributed by atoms with E-state index in [1.165, 1.54) is 6.42 Å². The summed E-state index contributed by atoms with van der Waals surface area (Å²) in [5.74, 6) is -2.01. The Balaban J connectivity index is 1.99. The molecule has 33 heavy (non-hydrogen) atoms. The average molecular weight is 461 g/mol. The number of benzene rings is 1. The molecule has 1 saturated carbocycles. The molecule has 1 fully saturated rings. The Labute approximate surface area is 195 Å². The zero-order valence-electron chi connectivity index (χ0n) is 19.3. The Morgan fingerprint density at radius 2 is 1.73 bits per heavy atom. The summed E-state index contributed by atoms with van der Waals surface area (Å²) in [5, 5.41) is 8.08. The third-order valence-corrected chi connectivity index (χ3v) is 5.75. The minimum Gasteiger partial charge on any atom is -0.461 e. The van der Waals surface area contributed by atoms with E-state index in [4.69, 9.17) is 10.5 Å². The molecule has 0 heterocycles. The summed E-state index contributed by atoms with van der Waals surface area (Å²) in [5.41, 5.74) is 6.35. The highest BCUT2D eigenvalue weighted by molar-refractivity contribution is 5.94. The van der Waals surface area contributed by atoms with Crippen molar-refractivity contribution in [3.05, 3.63) is 35.9 Å². The minimum atomic E-state index is -1.17. The quantitative estimate of drug-likeness (QED) is 0.326. The second-order valence-corrected chi connectivity index (χ2v) is 8.45. The standard InChI is InChI=1S/C24H36N4O5/c1-2-26-15-21(29)27-20(14-22(30)33-16-18-11-7-4-8-12-18)24(32)28-19(23(25)31)13-17-9-5-3-6-10-17/h4,7-8,11-12,17,19-20,26H,2-3,5-6,9-10,13-16H2,1H3,(H2,25,31)(H,27,29)(H,28,32)/t19-,20-/m0/s1. The Hall–Kier alpha value is -2.94. The van der Waals surface area contributed by atoms with Crippen LogP contribution in [0.15, 0.2) is 30.3 Å². The van der Waals surface area contributed by atoms with Gasteiger partial charge in [-0.05, 0) is 24.4 Å². The second-order valence-electron chi connectivity index (χ2n) is 8.45. The maximum absolute atomic E-state index is 13.0. The van der Waals surface area contributed by atoms with Crippen LogP contribution < -0.4 is 21.7 Å². The molecule has 0 bridgehead atoms. The summed E-state index contributed by atoms with van der Waals surface area (Å²) in [6.45, 7) is 2.49. The molecular weight excluding hydrogens is 424 g/mol. The molecule has 2 rings (SSSR count). The zero-order valence-corrected chi connectivity index (χ0v) is 19.3. The number of rotatable bonds is 13. The number of likely N-dealkylation sites (N-methyl/N-ethyl adjacent to an activating group) is 1. The summed E-state index contributed by atoms with van der Waals surface area (Å²) in [6, 6.07) is 7.12. The smallest absolute Gasteiger partial charge is 0.308 e. The van der Waals surface area contributed by atoms with Crippen LogP contribution in [0.4, 0.5) is 0 Å². The molecule has 5 N–H and O–H groups in total. The van der Waals surface area contributed by atoms with E-state index < -0.39 is 35.8 Å². The maximum Gasteiger partial charge on any atom is 0.308 e. The fraction of sp³-hybridized carbons (Fsp3) is 0.583. The topological polar surface area (TPSA) is 140 Å². The molecule has 0 aromatic heterocycles. The predicted octanol–water partition coefficient (Wildman–Crippen LogP) is 1.15. The van der Waals surface area contributed by atoms with Gasteiger partial charge < -0.3 is 26.4 Å². The molecular formula is C24H36N4O5. The van der Waals surface area contributed by atoms with Gasteiger partial charge in [-0.2, -0.15) is 0 Å². The van der Waals surface area contributed by atoms with Gasteiger partial charge in [0, 0.05) is 0 Å². The summed E-state index contributed by atoms with van der Waals surface area (Å²) in [6.07, 6.45) is 5.46. The molecule has 3 amide bonds. The monoisotopic (exact) mass is 460 g/mol. The molecule has 1 aliphatic carbocycles. The number of hydrogen-bond donors (Lipinski definition) is 4. The van der Waals surface area contributed by atoms with Gasteiger partial charge in [-0.15, -0.1) is 0 Å². The first kappa shape index (κ1) is 26.3. The molecule has 0 spiro atoms. The largest absolute Gasteiger partial charge is 0.461 e. The van der Waals surface area contributed by atoms with Gasteiger partial charge >= 0.3 is 5.97 Å². The fourth-order valence-electron chi connectivity index (χ4n) is 3.93. The highest BCUT2D eigenvalue weighted by Gasteiger charge is 2.30. The Morgan fingerprint density at radius 3 is 2.36 bits per heavy atom. The van der Waals surface area contributed by atoms with Gasteiger partial charge in [0.15, 0.2) is 0 Å². The lowest BCUT2D eigenvalue weighted by Gasteiger charge is -2.27. The number of primary amides is 1. The zero-order chi connectivity index (χ0) is 24.1. The summed E-state index contributed by atoms with van der Waals surface area (Å²) in [4.78, 5) is 49.6. The molecule has 9 nitrogen and oxygen atoms in total. The SMILES string of the molecule is CCNCC(=O)N[C@@H](CC(=O)OCc1ccccc1)C(=O)N[C@@H](CC1CCCCC1)C(N)=O. The number of carbonyl (C=O) groups is 4. The number of esters is 1. The Morgan fingerprint density at radius 1 is 1.03 bits per heavy atom. The average Bonchev–Trinajstić information content (AvgIpc) is 2.81. The molecule has 9 heteroatoms. The molecule has 0 saturated heterocycles. The van der Waals surface area contributed by atoms with Crippen LogP contribution in [-0.4, -0.2) is 48.9 Å². The number of nitrogens with two attached hydrogens (primary N) is 1. The van der Waals surface area contributed by atoms with Gasteiger partial charge in [0.05, 0.1) is 13.0 Å². The van der Waals surface area contributed by atoms with Crippen LogP contribution in [-0.2, 0) is 30.5 Å². The molecule has 1 aliphatic rings. The number of carbonyl (C=O) groups excluding carboxylic acids is 4. The van der Waals surface area contributed by atoms with Crippen LogP contribution in [0.2, 0.25) is 0 Å². The van der Waals surface area contributed by atoms with Crippen molar-refractivity contribution in [2.45, 2.75) is 70.6 Å². The van der Waals surface area contributed by atoms with E-state index in [0.717, 1.165) is 31.2 Å².